The minimum atomic E-state index is -4.00. The normalized spacial score (nSPS) is 11.0. The van der Waals surface area contributed by atoms with E-state index in [4.69, 9.17) is 36.8 Å². The van der Waals surface area contributed by atoms with Gasteiger partial charge in [-0.05, 0) is 60.7 Å². The first-order valence-corrected chi connectivity index (χ1v) is 9.49. The predicted octanol–water partition coefficient (Wildman–Crippen LogP) is 6.64. The van der Waals surface area contributed by atoms with Crippen molar-refractivity contribution in [2.45, 2.75) is 0 Å². The number of hydrogen-bond donors (Lipinski definition) is 0. The second-order valence-electron chi connectivity index (χ2n) is 4.94. The van der Waals surface area contributed by atoms with Gasteiger partial charge in [0.1, 0.15) is 17.2 Å². The lowest BCUT2D eigenvalue weighted by Crippen LogP contribution is -2.07. The van der Waals surface area contributed by atoms with Crippen LogP contribution >= 0.6 is 31.0 Å². The number of rotatable bonds is 6. The molecule has 25 heavy (non-hydrogen) atoms. The zero-order valence-corrected chi connectivity index (χ0v) is 15.2. The monoisotopic (exact) mass is 394 g/mol. The van der Waals surface area contributed by atoms with Crippen molar-refractivity contribution in [2.75, 3.05) is 0 Å². The van der Waals surface area contributed by atoms with Crippen molar-refractivity contribution in [2.24, 2.45) is 0 Å². The Bertz CT molecular complexity index is 816. The summed E-state index contributed by atoms with van der Waals surface area (Å²) in [6.07, 6.45) is 0. The maximum Gasteiger partial charge on any atom is 0.647 e. The number of halogens is 2. The maximum atomic E-state index is 13.2. The van der Waals surface area contributed by atoms with Gasteiger partial charge in [-0.2, -0.15) is 4.57 Å². The molecule has 0 amide bonds. The largest absolute Gasteiger partial charge is 0.647 e. The van der Waals surface area contributed by atoms with Crippen molar-refractivity contribution in [3.63, 3.8) is 0 Å². The average Bonchev–Trinajstić information content (AvgIpc) is 2.60. The summed E-state index contributed by atoms with van der Waals surface area (Å²) in [5, 5.41) is 1.06. The van der Waals surface area contributed by atoms with Crippen molar-refractivity contribution >= 4 is 31.0 Å². The van der Waals surface area contributed by atoms with E-state index >= 15 is 0 Å². The summed E-state index contributed by atoms with van der Waals surface area (Å²) < 4.78 is 29.7. The number of hydrogen-bond acceptors (Lipinski definition) is 4. The summed E-state index contributed by atoms with van der Waals surface area (Å²) >= 11 is 11.7. The van der Waals surface area contributed by atoms with Gasteiger partial charge in [-0.25, -0.2) is 0 Å². The smallest absolute Gasteiger partial charge is 0.386 e. The predicted molar refractivity (Wildman–Crippen MR) is 98.8 cm³/mol. The summed E-state index contributed by atoms with van der Waals surface area (Å²) in [5.74, 6) is 0.962. The van der Waals surface area contributed by atoms with Gasteiger partial charge < -0.3 is 13.6 Å². The minimum absolute atomic E-state index is 0.303. The second-order valence-corrected chi connectivity index (χ2v) is 7.26. The van der Waals surface area contributed by atoms with Gasteiger partial charge in [-0.1, -0.05) is 41.4 Å². The topological polar surface area (TPSA) is 44.8 Å². The third-order valence-electron chi connectivity index (χ3n) is 3.02. The van der Waals surface area contributed by atoms with Crippen LogP contribution in [0.15, 0.2) is 78.9 Å². The van der Waals surface area contributed by atoms with Crippen molar-refractivity contribution < 1.29 is 18.1 Å². The molecule has 0 N–H and O–H groups in total. The van der Waals surface area contributed by atoms with E-state index in [-0.39, 0.29) is 0 Å². The van der Waals surface area contributed by atoms with E-state index in [9.17, 15) is 4.57 Å². The molecule has 0 fully saturated rings. The van der Waals surface area contributed by atoms with Crippen molar-refractivity contribution in [3.05, 3.63) is 88.9 Å². The highest BCUT2D eigenvalue weighted by atomic mass is 35.5. The van der Waals surface area contributed by atoms with Gasteiger partial charge in [0, 0.05) is 10.0 Å². The van der Waals surface area contributed by atoms with Crippen molar-refractivity contribution in [1.29, 1.82) is 0 Å². The van der Waals surface area contributed by atoms with Crippen LogP contribution in [0.3, 0.4) is 0 Å². The molecule has 3 aromatic carbocycles. The van der Waals surface area contributed by atoms with Crippen LogP contribution in [0.4, 0.5) is 0 Å². The van der Waals surface area contributed by atoms with Gasteiger partial charge in [0.2, 0.25) is 0 Å². The Balaban J connectivity index is 1.87. The zero-order chi connectivity index (χ0) is 17.7. The Kier molecular flexibility index (Phi) is 5.54. The van der Waals surface area contributed by atoms with E-state index < -0.39 is 7.82 Å². The lowest BCUT2D eigenvalue weighted by Gasteiger charge is -2.19. The van der Waals surface area contributed by atoms with Crippen LogP contribution in [0, 0.1) is 0 Å². The molecule has 0 spiro atoms. The van der Waals surface area contributed by atoms with Crippen LogP contribution in [0.25, 0.3) is 0 Å². The van der Waals surface area contributed by atoms with E-state index in [0.29, 0.717) is 27.3 Å². The minimum Gasteiger partial charge on any atom is -0.386 e. The fourth-order valence-electron chi connectivity index (χ4n) is 1.92. The molecule has 0 aliphatic carbocycles. The number of benzene rings is 3. The molecule has 0 aromatic heterocycles. The third-order valence-corrected chi connectivity index (χ3v) is 4.83. The average molecular weight is 395 g/mol. The van der Waals surface area contributed by atoms with Gasteiger partial charge >= 0.3 is 7.82 Å². The lowest BCUT2D eigenvalue weighted by molar-refractivity contribution is 0.298. The van der Waals surface area contributed by atoms with Crippen LogP contribution < -0.4 is 13.6 Å². The molecule has 7 heteroatoms. The highest BCUT2D eigenvalue weighted by Crippen LogP contribution is 2.49. The van der Waals surface area contributed by atoms with E-state index in [1.54, 1.807) is 72.8 Å². The molecular formula is C18H13Cl2O4P. The fraction of sp³-hybridized carbons (Fsp3) is 0. The molecule has 3 rings (SSSR count). The van der Waals surface area contributed by atoms with Crippen molar-refractivity contribution in [3.8, 4) is 17.2 Å². The van der Waals surface area contributed by atoms with Crippen LogP contribution in [0.5, 0.6) is 17.2 Å². The number of phosphoric ester groups is 1. The maximum absolute atomic E-state index is 13.2. The summed E-state index contributed by atoms with van der Waals surface area (Å²) in [6, 6.07) is 21.4. The van der Waals surface area contributed by atoms with E-state index in [1.165, 1.54) is 0 Å². The molecule has 0 saturated carbocycles. The van der Waals surface area contributed by atoms with Gasteiger partial charge in [-0.15, -0.1) is 0 Å². The Morgan fingerprint density at radius 2 is 0.920 bits per heavy atom. The second kappa shape index (κ2) is 7.83. The molecule has 0 heterocycles. The highest BCUT2D eigenvalue weighted by Gasteiger charge is 2.33. The van der Waals surface area contributed by atoms with E-state index in [2.05, 4.69) is 0 Å². The Morgan fingerprint density at radius 1 is 0.560 bits per heavy atom. The van der Waals surface area contributed by atoms with Gasteiger partial charge in [0.25, 0.3) is 0 Å². The molecule has 0 saturated heterocycles. The first-order valence-electron chi connectivity index (χ1n) is 7.27. The van der Waals surface area contributed by atoms with Crippen LogP contribution in [0.2, 0.25) is 10.0 Å². The third kappa shape index (κ3) is 5.17. The number of para-hydroxylation sites is 1. The van der Waals surface area contributed by atoms with Crippen LogP contribution in [-0.4, -0.2) is 0 Å². The van der Waals surface area contributed by atoms with Crippen molar-refractivity contribution in [1.82, 2.24) is 0 Å². The van der Waals surface area contributed by atoms with Crippen LogP contribution in [-0.2, 0) is 4.57 Å². The molecule has 0 radical (unpaired) electrons. The van der Waals surface area contributed by atoms with Gasteiger partial charge in [-0.3, -0.25) is 0 Å². The fourth-order valence-corrected chi connectivity index (χ4v) is 3.42. The standard InChI is InChI=1S/C18H13Cl2O4P/c19-14-6-10-17(11-7-14)23-25(21,22-16-4-2-1-3-5-16)24-18-12-8-15(20)9-13-18/h1-13H. The molecule has 0 aliphatic rings. The molecule has 128 valence electrons. The number of phosphoric acid groups is 1. The zero-order valence-electron chi connectivity index (χ0n) is 12.8. The first kappa shape index (κ1) is 17.7. The summed E-state index contributed by atoms with van der Waals surface area (Å²) in [4.78, 5) is 0. The Morgan fingerprint density at radius 3 is 1.32 bits per heavy atom. The SMILES string of the molecule is O=P(Oc1ccccc1)(Oc1ccc(Cl)cc1)Oc1ccc(Cl)cc1. The summed E-state index contributed by atoms with van der Waals surface area (Å²) in [6.45, 7) is 0. The Labute approximate surface area is 155 Å². The highest BCUT2D eigenvalue weighted by molar-refractivity contribution is 7.49. The van der Waals surface area contributed by atoms with E-state index in [1.807, 2.05) is 6.07 Å². The first-order chi connectivity index (χ1) is 12.0. The lowest BCUT2D eigenvalue weighted by atomic mass is 10.3. The summed E-state index contributed by atoms with van der Waals surface area (Å²) in [5.41, 5.74) is 0. The Hall–Kier alpha value is -2.13. The van der Waals surface area contributed by atoms with Crippen LogP contribution in [0.1, 0.15) is 0 Å². The van der Waals surface area contributed by atoms with Gasteiger partial charge in [0.15, 0.2) is 0 Å². The molecule has 0 unspecified atom stereocenters. The molecule has 0 bridgehead atoms. The molecular weight excluding hydrogens is 382 g/mol. The molecule has 3 aromatic rings. The quantitative estimate of drug-likeness (QED) is 0.439. The summed E-state index contributed by atoms with van der Waals surface area (Å²) in [7, 11) is -4.00. The molecule has 0 aliphatic heterocycles. The van der Waals surface area contributed by atoms with E-state index in [0.717, 1.165) is 0 Å². The molecule has 4 nitrogen and oxygen atoms in total. The van der Waals surface area contributed by atoms with Gasteiger partial charge in [0.05, 0.1) is 0 Å². The molecule has 0 atom stereocenters.